The number of para-hydroxylation sites is 1. The van der Waals surface area contributed by atoms with Crippen molar-refractivity contribution in [3.05, 3.63) is 54.2 Å². The number of anilines is 2. The molecule has 0 N–H and O–H groups in total. The van der Waals surface area contributed by atoms with Crippen molar-refractivity contribution in [1.29, 1.82) is 0 Å². The van der Waals surface area contributed by atoms with Crippen LogP contribution < -0.4 is 4.90 Å². The maximum atomic E-state index is 4.69. The molecule has 3 rings (SSSR count). The van der Waals surface area contributed by atoms with E-state index in [1.165, 1.54) is 43.6 Å². The van der Waals surface area contributed by atoms with Gasteiger partial charge in [-0.25, -0.2) is 4.98 Å². The minimum atomic E-state index is 0.509. The molecule has 1 fully saturated rings. The number of nitrogens with zero attached hydrogens (tertiary/aromatic N) is 3. The number of pyridine rings is 1. The first-order valence-electron chi connectivity index (χ1n) is 8.29. The van der Waals surface area contributed by atoms with Gasteiger partial charge in [-0.05, 0) is 50.6 Å². The third-order valence-electron chi connectivity index (χ3n) is 4.51. The van der Waals surface area contributed by atoms with Crippen LogP contribution in [0.15, 0.2) is 48.7 Å². The second kappa shape index (κ2) is 6.93. The standard InChI is InChI=1S/C19H25N3/c1-3-14-22-15-8-12-18(22)17-11-7-13-20-19(17)21(2)16-9-5-4-6-10-16/h4-7,9-11,13,18H,3,8,12,14-15H2,1-2H3/t18-/m0/s1. The van der Waals surface area contributed by atoms with Crippen LogP contribution >= 0.6 is 0 Å². The average molecular weight is 295 g/mol. The van der Waals surface area contributed by atoms with E-state index in [2.05, 4.69) is 66.2 Å². The van der Waals surface area contributed by atoms with Gasteiger partial charge in [0.25, 0.3) is 0 Å². The zero-order valence-corrected chi connectivity index (χ0v) is 13.6. The molecule has 1 saturated heterocycles. The molecule has 0 saturated carbocycles. The van der Waals surface area contributed by atoms with Gasteiger partial charge in [-0.3, -0.25) is 4.90 Å². The van der Waals surface area contributed by atoms with Crippen LogP contribution in [-0.2, 0) is 0 Å². The lowest BCUT2D eigenvalue weighted by Gasteiger charge is -2.28. The minimum Gasteiger partial charge on any atom is -0.329 e. The summed E-state index contributed by atoms with van der Waals surface area (Å²) in [6, 6.07) is 15.3. The summed E-state index contributed by atoms with van der Waals surface area (Å²) in [5, 5.41) is 0. The van der Waals surface area contributed by atoms with E-state index in [4.69, 9.17) is 4.98 Å². The van der Waals surface area contributed by atoms with Gasteiger partial charge < -0.3 is 4.90 Å². The van der Waals surface area contributed by atoms with Gasteiger partial charge in [-0.1, -0.05) is 31.2 Å². The van der Waals surface area contributed by atoms with Crippen LogP contribution in [0.25, 0.3) is 0 Å². The van der Waals surface area contributed by atoms with Crippen molar-refractivity contribution in [2.45, 2.75) is 32.2 Å². The molecule has 0 amide bonds. The fourth-order valence-corrected chi connectivity index (χ4v) is 3.46. The number of benzene rings is 1. The lowest BCUT2D eigenvalue weighted by molar-refractivity contribution is 0.258. The zero-order valence-electron chi connectivity index (χ0n) is 13.6. The molecule has 22 heavy (non-hydrogen) atoms. The molecule has 1 aliphatic heterocycles. The van der Waals surface area contributed by atoms with E-state index in [-0.39, 0.29) is 0 Å². The average Bonchev–Trinajstić information content (AvgIpc) is 3.03. The van der Waals surface area contributed by atoms with Crippen LogP contribution in [0, 0.1) is 0 Å². The highest BCUT2D eigenvalue weighted by atomic mass is 15.2. The van der Waals surface area contributed by atoms with E-state index in [9.17, 15) is 0 Å². The van der Waals surface area contributed by atoms with Gasteiger partial charge in [0.05, 0.1) is 0 Å². The zero-order chi connectivity index (χ0) is 15.4. The summed E-state index contributed by atoms with van der Waals surface area (Å²) in [4.78, 5) is 9.51. The van der Waals surface area contributed by atoms with Crippen molar-refractivity contribution in [3.63, 3.8) is 0 Å². The van der Waals surface area contributed by atoms with Gasteiger partial charge >= 0.3 is 0 Å². The fourth-order valence-electron chi connectivity index (χ4n) is 3.46. The molecule has 0 aliphatic carbocycles. The second-order valence-electron chi connectivity index (χ2n) is 6.00. The highest BCUT2D eigenvalue weighted by Crippen LogP contribution is 2.37. The molecule has 3 heteroatoms. The Kier molecular flexibility index (Phi) is 4.74. The van der Waals surface area contributed by atoms with Gasteiger partial charge in [0.15, 0.2) is 0 Å². The van der Waals surface area contributed by atoms with E-state index in [1.807, 2.05) is 6.20 Å². The predicted octanol–water partition coefficient (Wildman–Crippen LogP) is 4.40. The van der Waals surface area contributed by atoms with Gasteiger partial charge in [0, 0.05) is 30.5 Å². The van der Waals surface area contributed by atoms with E-state index in [0.29, 0.717) is 6.04 Å². The van der Waals surface area contributed by atoms with Crippen LogP contribution in [-0.4, -0.2) is 30.0 Å². The lowest BCUT2D eigenvalue weighted by Crippen LogP contribution is -2.26. The number of hydrogen-bond donors (Lipinski definition) is 0. The van der Waals surface area contributed by atoms with Gasteiger partial charge in [-0.15, -0.1) is 0 Å². The number of rotatable bonds is 5. The van der Waals surface area contributed by atoms with Crippen molar-refractivity contribution in [2.24, 2.45) is 0 Å². The smallest absolute Gasteiger partial charge is 0.137 e. The van der Waals surface area contributed by atoms with Gasteiger partial charge in [0.2, 0.25) is 0 Å². The molecule has 1 atom stereocenters. The molecule has 1 aromatic carbocycles. The lowest BCUT2D eigenvalue weighted by atomic mass is 10.0. The fraction of sp³-hybridized carbons (Fsp3) is 0.421. The summed E-state index contributed by atoms with van der Waals surface area (Å²) >= 11 is 0. The minimum absolute atomic E-state index is 0.509. The summed E-state index contributed by atoms with van der Waals surface area (Å²) in [6.45, 7) is 4.64. The van der Waals surface area contributed by atoms with Crippen LogP contribution in [0.3, 0.4) is 0 Å². The Morgan fingerprint density at radius 3 is 2.77 bits per heavy atom. The molecule has 116 valence electrons. The number of likely N-dealkylation sites (tertiary alicyclic amines) is 1. The summed E-state index contributed by atoms with van der Waals surface area (Å²) < 4.78 is 0. The quantitative estimate of drug-likeness (QED) is 0.815. The largest absolute Gasteiger partial charge is 0.329 e. The summed E-state index contributed by atoms with van der Waals surface area (Å²) in [5.74, 6) is 1.08. The Labute approximate surface area is 133 Å². The Bertz CT molecular complexity index is 597. The maximum Gasteiger partial charge on any atom is 0.137 e. The molecular weight excluding hydrogens is 270 g/mol. The topological polar surface area (TPSA) is 19.4 Å². The Morgan fingerprint density at radius 2 is 2.00 bits per heavy atom. The third kappa shape index (κ3) is 3.00. The molecule has 0 bridgehead atoms. The molecule has 0 spiro atoms. The highest BCUT2D eigenvalue weighted by Gasteiger charge is 2.28. The Hall–Kier alpha value is -1.87. The molecule has 0 unspecified atom stereocenters. The first-order valence-corrected chi connectivity index (χ1v) is 8.29. The Balaban J connectivity index is 1.93. The SMILES string of the molecule is CCCN1CCC[C@H]1c1cccnc1N(C)c1ccccc1. The molecule has 2 aromatic rings. The van der Waals surface area contributed by atoms with E-state index in [0.717, 1.165) is 5.82 Å². The number of hydrogen-bond acceptors (Lipinski definition) is 3. The van der Waals surface area contributed by atoms with E-state index >= 15 is 0 Å². The predicted molar refractivity (Wildman–Crippen MR) is 92.6 cm³/mol. The van der Waals surface area contributed by atoms with Crippen molar-refractivity contribution < 1.29 is 0 Å². The molecule has 3 nitrogen and oxygen atoms in total. The normalized spacial score (nSPS) is 18.5. The van der Waals surface area contributed by atoms with Crippen molar-refractivity contribution >= 4 is 11.5 Å². The second-order valence-corrected chi connectivity index (χ2v) is 6.00. The van der Waals surface area contributed by atoms with Crippen molar-refractivity contribution in [3.8, 4) is 0 Å². The number of aromatic nitrogens is 1. The summed E-state index contributed by atoms with van der Waals surface area (Å²) in [5.41, 5.74) is 2.54. The Morgan fingerprint density at radius 1 is 1.18 bits per heavy atom. The van der Waals surface area contributed by atoms with Crippen molar-refractivity contribution in [2.75, 3.05) is 25.0 Å². The summed E-state index contributed by atoms with van der Waals surface area (Å²) in [7, 11) is 2.11. The molecule has 1 aliphatic rings. The molecule has 0 radical (unpaired) electrons. The first-order chi connectivity index (χ1) is 10.8. The van der Waals surface area contributed by atoms with Crippen molar-refractivity contribution in [1.82, 2.24) is 9.88 Å². The molecule has 1 aromatic heterocycles. The monoisotopic (exact) mass is 295 g/mol. The highest BCUT2D eigenvalue weighted by molar-refractivity contribution is 5.62. The third-order valence-corrected chi connectivity index (χ3v) is 4.51. The maximum absolute atomic E-state index is 4.69. The molecule has 2 heterocycles. The van der Waals surface area contributed by atoms with Crippen LogP contribution in [0.4, 0.5) is 11.5 Å². The summed E-state index contributed by atoms with van der Waals surface area (Å²) in [6.07, 6.45) is 5.63. The van der Waals surface area contributed by atoms with Gasteiger partial charge in [0.1, 0.15) is 5.82 Å². The van der Waals surface area contributed by atoms with Crippen LogP contribution in [0.1, 0.15) is 37.8 Å². The van der Waals surface area contributed by atoms with E-state index in [1.54, 1.807) is 0 Å². The van der Waals surface area contributed by atoms with Crippen LogP contribution in [0.2, 0.25) is 0 Å². The van der Waals surface area contributed by atoms with E-state index < -0.39 is 0 Å². The first kappa shape index (κ1) is 15.0. The van der Waals surface area contributed by atoms with Crippen LogP contribution in [0.5, 0.6) is 0 Å². The molecular formula is C19H25N3. The van der Waals surface area contributed by atoms with Gasteiger partial charge in [-0.2, -0.15) is 0 Å².